The van der Waals surface area contributed by atoms with Crippen molar-refractivity contribution >= 4 is 38.5 Å². The molecule has 2 aromatic heterocycles. The number of aromatic carboxylic acids is 1. The number of hydrogen-bond donors (Lipinski definition) is 1. The first-order chi connectivity index (χ1) is 16.6. The second kappa shape index (κ2) is 7.85. The van der Waals surface area contributed by atoms with Crippen molar-refractivity contribution < 1.29 is 9.90 Å². The highest BCUT2D eigenvalue weighted by Crippen LogP contribution is 2.35. The standard InChI is InChI=1S/C30H22N2O2/c1-19-10-12-20(13-11-19)17-32-18-25(23-8-4-5-9-28(23)32)27-16-24(30(33)34)29-22-7-3-2-6-21(22)14-15-26(29)31-27/h2-16,18H,17H2,1H3,(H,33,34). The van der Waals surface area contributed by atoms with Crippen LogP contribution in [0.25, 0.3) is 43.8 Å². The molecule has 0 radical (unpaired) electrons. The molecule has 6 rings (SSSR count). The predicted molar refractivity (Wildman–Crippen MR) is 137 cm³/mol. The van der Waals surface area contributed by atoms with Gasteiger partial charge < -0.3 is 9.67 Å². The quantitative estimate of drug-likeness (QED) is 0.297. The van der Waals surface area contributed by atoms with E-state index in [1.807, 2.05) is 48.5 Å². The van der Waals surface area contributed by atoms with Crippen molar-refractivity contribution in [1.82, 2.24) is 9.55 Å². The Morgan fingerprint density at radius 2 is 1.62 bits per heavy atom. The first kappa shape index (κ1) is 20.2. The van der Waals surface area contributed by atoms with Gasteiger partial charge in [-0.25, -0.2) is 9.78 Å². The number of aromatic nitrogens is 2. The van der Waals surface area contributed by atoms with Crippen molar-refractivity contribution in [2.45, 2.75) is 13.5 Å². The third-order valence-electron chi connectivity index (χ3n) is 6.47. The fourth-order valence-corrected chi connectivity index (χ4v) is 4.79. The number of nitrogens with zero attached hydrogens (tertiary/aromatic N) is 2. The molecular weight excluding hydrogens is 420 g/mol. The molecule has 0 spiro atoms. The molecule has 0 unspecified atom stereocenters. The van der Waals surface area contributed by atoms with Crippen LogP contribution in [-0.4, -0.2) is 20.6 Å². The number of hydrogen-bond acceptors (Lipinski definition) is 2. The second-order valence-electron chi connectivity index (χ2n) is 8.71. The maximum atomic E-state index is 12.3. The number of para-hydroxylation sites is 1. The normalized spacial score (nSPS) is 11.4. The summed E-state index contributed by atoms with van der Waals surface area (Å²) < 4.78 is 2.21. The molecule has 0 aliphatic carbocycles. The average Bonchev–Trinajstić information content (AvgIpc) is 3.23. The Kier molecular flexibility index (Phi) is 4.66. The van der Waals surface area contributed by atoms with E-state index in [1.165, 1.54) is 11.1 Å². The molecule has 0 amide bonds. The van der Waals surface area contributed by atoms with Gasteiger partial charge in [-0.3, -0.25) is 0 Å². The molecule has 4 nitrogen and oxygen atoms in total. The van der Waals surface area contributed by atoms with Crippen molar-refractivity contribution in [3.63, 3.8) is 0 Å². The van der Waals surface area contributed by atoms with Gasteiger partial charge in [-0.1, -0.05) is 78.4 Å². The van der Waals surface area contributed by atoms with E-state index >= 15 is 0 Å². The third-order valence-corrected chi connectivity index (χ3v) is 6.47. The number of rotatable bonds is 4. The van der Waals surface area contributed by atoms with E-state index in [-0.39, 0.29) is 5.56 Å². The number of carboxylic acids is 1. The molecule has 4 aromatic carbocycles. The van der Waals surface area contributed by atoms with Gasteiger partial charge in [-0.05, 0) is 41.5 Å². The number of benzene rings is 4. The highest BCUT2D eigenvalue weighted by atomic mass is 16.4. The molecular formula is C30H22N2O2. The summed E-state index contributed by atoms with van der Waals surface area (Å²) in [6.45, 7) is 2.81. The zero-order valence-corrected chi connectivity index (χ0v) is 18.7. The molecule has 34 heavy (non-hydrogen) atoms. The van der Waals surface area contributed by atoms with Gasteiger partial charge in [-0.15, -0.1) is 0 Å². The minimum absolute atomic E-state index is 0.271. The predicted octanol–water partition coefficient (Wildman–Crippen LogP) is 7.06. The van der Waals surface area contributed by atoms with Gasteiger partial charge in [0.1, 0.15) is 0 Å². The highest BCUT2D eigenvalue weighted by molar-refractivity contribution is 6.16. The van der Waals surface area contributed by atoms with E-state index in [4.69, 9.17) is 4.98 Å². The van der Waals surface area contributed by atoms with E-state index in [9.17, 15) is 9.90 Å². The molecule has 2 heterocycles. The zero-order valence-electron chi connectivity index (χ0n) is 18.7. The van der Waals surface area contributed by atoms with Crippen LogP contribution in [0.1, 0.15) is 21.5 Å². The van der Waals surface area contributed by atoms with Crippen LogP contribution < -0.4 is 0 Å². The lowest BCUT2D eigenvalue weighted by Gasteiger charge is -2.09. The van der Waals surface area contributed by atoms with Crippen molar-refractivity contribution in [2.24, 2.45) is 0 Å². The molecule has 0 bridgehead atoms. The molecule has 164 valence electrons. The first-order valence-corrected chi connectivity index (χ1v) is 11.3. The van der Waals surface area contributed by atoms with E-state index < -0.39 is 5.97 Å². The number of carbonyl (C=O) groups is 1. The molecule has 0 saturated carbocycles. The van der Waals surface area contributed by atoms with Gasteiger partial charge in [0.15, 0.2) is 0 Å². The smallest absolute Gasteiger partial charge is 0.336 e. The summed E-state index contributed by atoms with van der Waals surface area (Å²) >= 11 is 0. The second-order valence-corrected chi connectivity index (χ2v) is 8.71. The fourth-order valence-electron chi connectivity index (χ4n) is 4.79. The molecule has 0 atom stereocenters. The van der Waals surface area contributed by atoms with Gasteiger partial charge in [0, 0.05) is 34.6 Å². The summed E-state index contributed by atoms with van der Waals surface area (Å²) in [7, 11) is 0. The highest BCUT2D eigenvalue weighted by Gasteiger charge is 2.18. The number of aryl methyl sites for hydroxylation is 1. The molecule has 0 fully saturated rings. The summed E-state index contributed by atoms with van der Waals surface area (Å²) in [6, 6.07) is 30.2. The number of carboxylic acid groups (broad SMARTS) is 1. The van der Waals surface area contributed by atoms with Crippen LogP contribution in [-0.2, 0) is 6.54 Å². The van der Waals surface area contributed by atoms with Crippen molar-refractivity contribution in [3.05, 3.63) is 114 Å². The van der Waals surface area contributed by atoms with Crippen molar-refractivity contribution in [1.29, 1.82) is 0 Å². The van der Waals surface area contributed by atoms with Crippen molar-refractivity contribution in [3.8, 4) is 11.3 Å². The fraction of sp³-hybridized carbons (Fsp3) is 0.0667. The summed E-state index contributed by atoms with van der Waals surface area (Å²) in [6.07, 6.45) is 2.09. The lowest BCUT2D eigenvalue weighted by Crippen LogP contribution is -2.01. The third kappa shape index (κ3) is 3.32. The number of pyridine rings is 1. The monoisotopic (exact) mass is 442 g/mol. The van der Waals surface area contributed by atoms with E-state index in [0.29, 0.717) is 16.6 Å². The Balaban J connectivity index is 1.58. The van der Waals surface area contributed by atoms with Crippen LogP contribution in [0.3, 0.4) is 0 Å². The summed E-state index contributed by atoms with van der Waals surface area (Å²) in [5.74, 6) is -0.951. The molecule has 0 aliphatic rings. The lowest BCUT2D eigenvalue weighted by atomic mass is 9.98. The van der Waals surface area contributed by atoms with Gasteiger partial charge in [0.05, 0.1) is 16.8 Å². The summed E-state index contributed by atoms with van der Waals surface area (Å²) in [5.41, 5.74) is 6.09. The van der Waals surface area contributed by atoms with E-state index in [0.717, 1.165) is 33.8 Å². The molecule has 1 N–H and O–H groups in total. The van der Waals surface area contributed by atoms with Crippen LogP contribution in [0.4, 0.5) is 0 Å². The molecule has 4 heteroatoms. The summed E-state index contributed by atoms with van der Waals surface area (Å²) in [5, 5.41) is 13.8. The maximum absolute atomic E-state index is 12.3. The van der Waals surface area contributed by atoms with Gasteiger partial charge in [0.25, 0.3) is 0 Å². The minimum atomic E-state index is -0.951. The SMILES string of the molecule is Cc1ccc(Cn2cc(-c3cc(C(=O)O)c4c(ccc5ccccc54)n3)c3ccccc32)cc1. The molecule has 0 saturated heterocycles. The molecule has 6 aromatic rings. The van der Waals surface area contributed by atoms with E-state index in [2.05, 4.69) is 54.1 Å². The van der Waals surface area contributed by atoms with E-state index in [1.54, 1.807) is 6.07 Å². The van der Waals surface area contributed by atoms with Gasteiger partial charge in [-0.2, -0.15) is 0 Å². The average molecular weight is 443 g/mol. The van der Waals surface area contributed by atoms with Crippen molar-refractivity contribution in [2.75, 3.05) is 0 Å². The van der Waals surface area contributed by atoms with Gasteiger partial charge in [0.2, 0.25) is 0 Å². The number of fused-ring (bicyclic) bond motifs is 4. The Hall–Kier alpha value is -4.44. The maximum Gasteiger partial charge on any atom is 0.336 e. The van der Waals surface area contributed by atoms with Crippen LogP contribution in [0.2, 0.25) is 0 Å². The summed E-state index contributed by atoms with van der Waals surface area (Å²) in [4.78, 5) is 17.3. The molecule has 0 aliphatic heterocycles. The first-order valence-electron chi connectivity index (χ1n) is 11.3. The van der Waals surface area contributed by atoms with Crippen LogP contribution in [0, 0.1) is 6.92 Å². The Morgan fingerprint density at radius 3 is 2.41 bits per heavy atom. The topological polar surface area (TPSA) is 55.1 Å². The van der Waals surface area contributed by atoms with Crippen LogP contribution >= 0.6 is 0 Å². The Labute approximate surface area is 196 Å². The van der Waals surface area contributed by atoms with Crippen LogP contribution in [0.15, 0.2) is 97.2 Å². The lowest BCUT2D eigenvalue weighted by molar-refractivity contribution is 0.0699. The largest absolute Gasteiger partial charge is 0.478 e. The Morgan fingerprint density at radius 1 is 0.882 bits per heavy atom. The van der Waals surface area contributed by atoms with Gasteiger partial charge >= 0.3 is 5.97 Å². The van der Waals surface area contributed by atoms with Crippen LogP contribution in [0.5, 0.6) is 0 Å². The zero-order chi connectivity index (χ0) is 23.2. The minimum Gasteiger partial charge on any atom is -0.478 e. The Bertz CT molecular complexity index is 1710.